The Morgan fingerprint density at radius 3 is 3.00 bits per heavy atom. The number of carboxylic acid groups (broad SMARTS) is 1. The fourth-order valence-corrected chi connectivity index (χ4v) is 3.09. The maximum absolute atomic E-state index is 12.4. The van der Waals surface area contributed by atoms with Crippen LogP contribution in [0.3, 0.4) is 0 Å². The van der Waals surface area contributed by atoms with E-state index in [1.165, 1.54) is 17.4 Å². The zero-order valence-electron chi connectivity index (χ0n) is 11.1. The normalized spacial score (nSPS) is 14.4. The maximum Gasteiger partial charge on any atom is 0.328 e. The first kappa shape index (κ1) is 13.6. The Hall–Kier alpha value is -2.41. The van der Waals surface area contributed by atoms with E-state index in [2.05, 4.69) is 4.98 Å². The molecule has 0 bridgehead atoms. The highest BCUT2D eigenvalue weighted by Gasteiger charge is 2.23. The van der Waals surface area contributed by atoms with E-state index < -0.39 is 5.97 Å². The van der Waals surface area contributed by atoms with Crippen LogP contribution >= 0.6 is 11.3 Å². The van der Waals surface area contributed by atoms with Gasteiger partial charge in [0.2, 0.25) is 0 Å². The third-order valence-electron chi connectivity index (χ3n) is 3.26. The van der Waals surface area contributed by atoms with Crippen LogP contribution in [0.4, 0.5) is 0 Å². The number of carbonyl (C=O) groups excluding carboxylic acids is 1. The SMILES string of the molecule is O=C(O)C=Cc1ccc(C(=O)N2CCn3ccnc3C2)s1. The number of aliphatic carboxylic acids is 1. The van der Waals surface area contributed by atoms with Crippen LogP contribution in [0.15, 0.2) is 30.6 Å². The van der Waals surface area contributed by atoms with Crippen LogP contribution in [0.5, 0.6) is 0 Å². The van der Waals surface area contributed by atoms with Gasteiger partial charge in [-0.3, -0.25) is 4.79 Å². The van der Waals surface area contributed by atoms with E-state index in [4.69, 9.17) is 5.11 Å². The molecule has 0 saturated carbocycles. The molecule has 108 valence electrons. The fraction of sp³-hybridized carbons (Fsp3) is 0.214. The van der Waals surface area contributed by atoms with Crippen LogP contribution in [0.2, 0.25) is 0 Å². The lowest BCUT2D eigenvalue weighted by Crippen LogP contribution is -2.37. The number of nitrogens with zero attached hydrogens (tertiary/aromatic N) is 3. The topological polar surface area (TPSA) is 75.4 Å². The van der Waals surface area contributed by atoms with Crippen LogP contribution in [-0.4, -0.2) is 38.0 Å². The van der Waals surface area contributed by atoms with E-state index in [0.717, 1.165) is 23.3 Å². The molecule has 0 radical (unpaired) electrons. The third-order valence-corrected chi connectivity index (χ3v) is 4.30. The summed E-state index contributed by atoms with van der Waals surface area (Å²) in [5, 5.41) is 8.60. The second kappa shape index (κ2) is 5.53. The Labute approximate surface area is 125 Å². The monoisotopic (exact) mass is 303 g/mol. The van der Waals surface area contributed by atoms with Crippen molar-refractivity contribution in [3.63, 3.8) is 0 Å². The van der Waals surface area contributed by atoms with Gasteiger partial charge in [0.25, 0.3) is 5.91 Å². The van der Waals surface area contributed by atoms with Crippen molar-refractivity contribution in [2.75, 3.05) is 6.54 Å². The smallest absolute Gasteiger partial charge is 0.328 e. The van der Waals surface area contributed by atoms with Crippen molar-refractivity contribution in [2.45, 2.75) is 13.1 Å². The van der Waals surface area contributed by atoms with E-state index in [1.54, 1.807) is 23.2 Å². The van der Waals surface area contributed by atoms with Crippen molar-refractivity contribution >= 4 is 29.3 Å². The first-order chi connectivity index (χ1) is 10.1. The highest BCUT2D eigenvalue weighted by atomic mass is 32.1. The number of aromatic nitrogens is 2. The summed E-state index contributed by atoms with van der Waals surface area (Å²) in [6.45, 7) is 1.91. The molecule has 1 amide bonds. The molecule has 2 aromatic heterocycles. The molecule has 0 fully saturated rings. The van der Waals surface area contributed by atoms with Crippen LogP contribution in [0.1, 0.15) is 20.4 Å². The van der Waals surface area contributed by atoms with Gasteiger partial charge in [-0.1, -0.05) is 0 Å². The Morgan fingerprint density at radius 2 is 2.19 bits per heavy atom. The molecule has 1 aliphatic heterocycles. The largest absolute Gasteiger partial charge is 0.478 e. The highest BCUT2D eigenvalue weighted by molar-refractivity contribution is 7.14. The van der Waals surface area contributed by atoms with Crippen LogP contribution in [0, 0.1) is 0 Å². The lowest BCUT2D eigenvalue weighted by atomic mass is 10.3. The summed E-state index contributed by atoms with van der Waals surface area (Å²) in [6, 6.07) is 3.48. The number of hydrogen-bond acceptors (Lipinski definition) is 4. The summed E-state index contributed by atoms with van der Waals surface area (Å²) < 4.78 is 2.04. The number of hydrogen-bond donors (Lipinski definition) is 1. The van der Waals surface area contributed by atoms with Crippen LogP contribution < -0.4 is 0 Å². The predicted molar refractivity (Wildman–Crippen MR) is 78.0 cm³/mol. The number of rotatable bonds is 3. The highest BCUT2D eigenvalue weighted by Crippen LogP contribution is 2.21. The number of amides is 1. The minimum Gasteiger partial charge on any atom is -0.478 e. The standard InChI is InChI=1S/C14H13N3O3S/c18-13(19)4-2-10-1-3-11(21-10)14(20)17-8-7-16-6-5-15-12(16)9-17/h1-6H,7-9H2,(H,18,19). The van der Waals surface area contributed by atoms with E-state index in [-0.39, 0.29) is 5.91 Å². The molecule has 1 aliphatic rings. The minimum atomic E-state index is -1.00. The summed E-state index contributed by atoms with van der Waals surface area (Å²) in [5.74, 6) is -0.152. The molecular formula is C14H13N3O3S. The van der Waals surface area contributed by atoms with Gasteiger partial charge in [0, 0.05) is 36.4 Å². The van der Waals surface area contributed by atoms with Crippen molar-refractivity contribution in [3.05, 3.63) is 46.2 Å². The molecule has 3 heterocycles. The molecule has 0 aromatic carbocycles. The maximum atomic E-state index is 12.4. The van der Waals surface area contributed by atoms with Gasteiger partial charge in [0.05, 0.1) is 11.4 Å². The lowest BCUT2D eigenvalue weighted by Gasteiger charge is -2.27. The Bertz CT molecular complexity index is 717. The molecular weight excluding hydrogens is 290 g/mol. The number of imidazole rings is 1. The molecule has 0 saturated heterocycles. The number of carbonyl (C=O) groups is 2. The summed E-state index contributed by atoms with van der Waals surface area (Å²) >= 11 is 1.29. The first-order valence-corrected chi connectivity index (χ1v) is 7.25. The van der Waals surface area contributed by atoms with Gasteiger partial charge in [-0.25, -0.2) is 9.78 Å². The first-order valence-electron chi connectivity index (χ1n) is 6.43. The second-order valence-corrected chi connectivity index (χ2v) is 5.75. The van der Waals surface area contributed by atoms with Gasteiger partial charge < -0.3 is 14.6 Å². The van der Waals surface area contributed by atoms with Crippen molar-refractivity contribution in [1.29, 1.82) is 0 Å². The molecule has 0 unspecified atom stereocenters. The quantitative estimate of drug-likeness (QED) is 0.876. The summed E-state index contributed by atoms with van der Waals surface area (Å²) in [6.07, 6.45) is 6.21. The summed E-state index contributed by atoms with van der Waals surface area (Å²) in [4.78, 5) is 30.3. The second-order valence-electron chi connectivity index (χ2n) is 4.64. The molecule has 3 rings (SSSR count). The number of fused-ring (bicyclic) bond motifs is 1. The van der Waals surface area contributed by atoms with Gasteiger partial charge in [-0.05, 0) is 18.2 Å². The Kier molecular flexibility index (Phi) is 3.57. The molecule has 2 aromatic rings. The van der Waals surface area contributed by atoms with E-state index >= 15 is 0 Å². The lowest BCUT2D eigenvalue weighted by molar-refractivity contribution is -0.131. The van der Waals surface area contributed by atoms with Gasteiger partial charge >= 0.3 is 5.97 Å². The van der Waals surface area contributed by atoms with E-state index in [9.17, 15) is 9.59 Å². The van der Waals surface area contributed by atoms with E-state index in [1.807, 2.05) is 10.8 Å². The minimum absolute atomic E-state index is 0.0378. The van der Waals surface area contributed by atoms with Crippen LogP contribution in [-0.2, 0) is 17.9 Å². The number of carboxylic acids is 1. The Morgan fingerprint density at radius 1 is 1.33 bits per heavy atom. The molecule has 0 atom stereocenters. The Balaban J connectivity index is 1.73. The van der Waals surface area contributed by atoms with Crippen molar-refractivity contribution < 1.29 is 14.7 Å². The average molecular weight is 303 g/mol. The third kappa shape index (κ3) is 2.87. The van der Waals surface area contributed by atoms with E-state index in [0.29, 0.717) is 18.0 Å². The predicted octanol–water partition coefficient (Wildman–Crippen LogP) is 1.70. The van der Waals surface area contributed by atoms with Gasteiger partial charge in [-0.2, -0.15) is 0 Å². The van der Waals surface area contributed by atoms with Crippen molar-refractivity contribution in [3.8, 4) is 0 Å². The molecule has 6 nitrogen and oxygen atoms in total. The fourth-order valence-electron chi connectivity index (χ4n) is 2.21. The average Bonchev–Trinajstić information content (AvgIpc) is 3.12. The van der Waals surface area contributed by atoms with Gasteiger partial charge in [-0.15, -0.1) is 11.3 Å². The van der Waals surface area contributed by atoms with Gasteiger partial charge in [0.15, 0.2) is 0 Å². The van der Waals surface area contributed by atoms with Crippen molar-refractivity contribution in [1.82, 2.24) is 14.5 Å². The molecule has 21 heavy (non-hydrogen) atoms. The van der Waals surface area contributed by atoms with Gasteiger partial charge in [0.1, 0.15) is 5.82 Å². The number of thiophene rings is 1. The summed E-state index contributed by atoms with van der Waals surface area (Å²) in [5.41, 5.74) is 0. The molecule has 7 heteroatoms. The zero-order chi connectivity index (χ0) is 14.8. The van der Waals surface area contributed by atoms with Crippen molar-refractivity contribution in [2.24, 2.45) is 0 Å². The molecule has 0 aliphatic carbocycles. The van der Waals surface area contributed by atoms with Crippen LogP contribution in [0.25, 0.3) is 6.08 Å². The summed E-state index contributed by atoms with van der Waals surface area (Å²) in [7, 11) is 0. The molecule has 1 N–H and O–H groups in total. The molecule has 0 spiro atoms. The zero-order valence-corrected chi connectivity index (χ0v) is 11.9.